The molecule has 9 nitrogen and oxygen atoms in total. The second kappa shape index (κ2) is 14.5. The second-order valence-electron chi connectivity index (χ2n) is 10.4. The zero-order chi connectivity index (χ0) is 26.7. The Morgan fingerprint density at radius 1 is 1.19 bits per heavy atom. The van der Waals surface area contributed by atoms with Crippen LogP contribution in [0.4, 0.5) is 0 Å². The van der Waals surface area contributed by atoms with Gasteiger partial charge in [0.15, 0.2) is 0 Å². The third-order valence-electron chi connectivity index (χ3n) is 6.58. The number of ether oxygens (including phenoxy) is 1. The highest BCUT2D eigenvalue weighted by Gasteiger charge is 2.36. The molecule has 0 spiro atoms. The van der Waals surface area contributed by atoms with E-state index in [1.165, 1.54) is 0 Å². The molecule has 1 heterocycles. The highest BCUT2D eigenvalue weighted by molar-refractivity contribution is 6.30. The van der Waals surface area contributed by atoms with Gasteiger partial charge in [0.05, 0.1) is 25.2 Å². The van der Waals surface area contributed by atoms with Crippen LogP contribution in [0.25, 0.3) is 0 Å². The first-order chi connectivity index (χ1) is 17.0. The first-order valence-electron chi connectivity index (χ1n) is 12.6. The van der Waals surface area contributed by atoms with Crippen molar-refractivity contribution in [3.8, 4) is 0 Å². The minimum absolute atomic E-state index is 0.257. The molecule has 1 aromatic carbocycles. The SMILES string of the molecule is C[C@@H]([C@@H](CCCc1ccc(Cl)cc1)C(=O)N[C@H](C(=O)NCCN1CCOCC1)C(C)(C)C)N(O)C=O. The molecule has 2 rings (SSSR count). The van der Waals surface area contributed by atoms with Gasteiger partial charge in [-0.1, -0.05) is 44.5 Å². The second-order valence-corrected chi connectivity index (χ2v) is 10.8. The fraction of sp³-hybridized carbons (Fsp3) is 0.654. The van der Waals surface area contributed by atoms with Crippen molar-refractivity contribution in [1.29, 1.82) is 0 Å². The number of hydroxylamine groups is 2. The number of halogens is 1. The van der Waals surface area contributed by atoms with E-state index < -0.39 is 23.4 Å². The normalized spacial score (nSPS) is 17.1. The lowest BCUT2D eigenvalue weighted by Gasteiger charge is -2.34. The molecule has 1 aliphatic heterocycles. The molecule has 1 aliphatic rings. The number of nitrogens with zero attached hydrogens (tertiary/aromatic N) is 2. The van der Waals surface area contributed by atoms with Crippen LogP contribution in [0.5, 0.6) is 0 Å². The van der Waals surface area contributed by atoms with Crippen molar-refractivity contribution in [2.24, 2.45) is 11.3 Å². The van der Waals surface area contributed by atoms with E-state index in [9.17, 15) is 19.6 Å². The Bertz CT molecular complexity index is 840. The molecule has 10 heteroatoms. The van der Waals surface area contributed by atoms with Crippen LogP contribution >= 0.6 is 11.6 Å². The summed E-state index contributed by atoms with van der Waals surface area (Å²) in [6, 6.07) is 5.97. The average molecular weight is 525 g/mol. The number of aryl methyl sites for hydroxylation is 1. The molecule has 1 fully saturated rings. The highest BCUT2D eigenvalue weighted by atomic mass is 35.5. The summed E-state index contributed by atoms with van der Waals surface area (Å²) in [6.07, 6.45) is 2.09. The van der Waals surface area contributed by atoms with Crippen LogP contribution in [-0.4, -0.2) is 84.9 Å². The lowest BCUT2D eigenvalue weighted by Crippen LogP contribution is -2.57. The van der Waals surface area contributed by atoms with Gasteiger partial charge in [-0.25, -0.2) is 5.06 Å². The Balaban J connectivity index is 2.02. The molecule has 3 amide bonds. The van der Waals surface area contributed by atoms with Gasteiger partial charge in [-0.15, -0.1) is 0 Å². The van der Waals surface area contributed by atoms with Crippen LogP contribution in [0.1, 0.15) is 46.1 Å². The van der Waals surface area contributed by atoms with Crippen LogP contribution in [0.15, 0.2) is 24.3 Å². The largest absolute Gasteiger partial charge is 0.379 e. The van der Waals surface area contributed by atoms with Gasteiger partial charge in [-0.3, -0.25) is 24.5 Å². The Kier molecular flexibility index (Phi) is 12.1. The van der Waals surface area contributed by atoms with Crippen molar-refractivity contribution in [3.05, 3.63) is 34.9 Å². The summed E-state index contributed by atoms with van der Waals surface area (Å²) in [5.74, 6) is -1.32. The van der Waals surface area contributed by atoms with Crippen LogP contribution in [-0.2, 0) is 25.5 Å². The Hall–Kier alpha value is -2.20. The molecule has 1 saturated heterocycles. The number of carbonyl (C=O) groups excluding carboxylic acids is 3. The van der Waals surface area contributed by atoms with E-state index in [0.717, 1.165) is 18.7 Å². The van der Waals surface area contributed by atoms with E-state index in [4.69, 9.17) is 16.3 Å². The minimum atomic E-state index is -0.774. The van der Waals surface area contributed by atoms with E-state index in [0.29, 0.717) is 62.1 Å². The lowest BCUT2D eigenvalue weighted by molar-refractivity contribution is -0.166. The van der Waals surface area contributed by atoms with Crippen LogP contribution in [0.2, 0.25) is 5.02 Å². The number of hydrogen-bond donors (Lipinski definition) is 3. The zero-order valence-corrected chi connectivity index (χ0v) is 22.6. The molecule has 0 aliphatic carbocycles. The van der Waals surface area contributed by atoms with Crippen molar-refractivity contribution in [2.45, 2.75) is 59.0 Å². The first-order valence-corrected chi connectivity index (χ1v) is 13.0. The predicted molar refractivity (Wildman–Crippen MR) is 139 cm³/mol. The van der Waals surface area contributed by atoms with E-state index >= 15 is 0 Å². The smallest absolute Gasteiger partial charge is 0.243 e. The zero-order valence-electron chi connectivity index (χ0n) is 21.8. The molecule has 3 atom stereocenters. The maximum Gasteiger partial charge on any atom is 0.243 e. The molecular weight excluding hydrogens is 484 g/mol. The molecule has 0 radical (unpaired) electrons. The molecular formula is C26H41ClN4O5. The van der Waals surface area contributed by atoms with Gasteiger partial charge in [0.25, 0.3) is 0 Å². The third kappa shape index (κ3) is 9.69. The quantitative estimate of drug-likeness (QED) is 0.208. The summed E-state index contributed by atoms with van der Waals surface area (Å²) in [6.45, 7) is 11.5. The third-order valence-corrected chi connectivity index (χ3v) is 6.84. The van der Waals surface area contributed by atoms with E-state index in [1.54, 1.807) is 6.92 Å². The van der Waals surface area contributed by atoms with Crippen molar-refractivity contribution >= 4 is 29.8 Å². The molecule has 36 heavy (non-hydrogen) atoms. The van der Waals surface area contributed by atoms with Crippen molar-refractivity contribution in [3.63, 3.8) is 0 Å². The Morgan fingerprint density at radius 3 is 2.42 bits per heavy atom. The van der Waals surface area contributed by atoms with Crippen molar-refractivity contribution in [2.75, 3.05) is 39.4 Å². The summed E-state index contributed by atoms with van der Waals surface area (Å²) in [4.78, 5) is 39.9. The fourth-order valence-corrected chi connectivity index (χ4v) is 4.36. The minimum Gasteiger partial charge on any atom is -0.379 e. The monoisotopic (exact) mass is 524 g/mol. The standard InChI is InChI=1S/C26H41ClN4O5/c1-19(31(35)18-32)22(7-5-6-20-8-10-21(27)11-9-20)24(33)29-23(26(2,3)4)25(34)28-12-13-30-14-16-36-17-15-30/h8-11,18-19,22-23,35H,5-7,12-17H2,1-4H3,(H,28,34)(H,29,33)/t19-,22+,23+/m0/s1. The summed E-state index contributed by atoms with van der Waals surface area (Å²) >= 11 is 5.95. The van der Waals surface area contributed by atoms with Gasteiger partial charge in [0, 0.05) is 31.2 Å². The highest BCUT2D eigenvalue weighted by Crippen LogP contribution is 2.23. The maximum absolute atomic E-state index is 13.4. The van der Waals surface area contributed by atoms with Gasteiger partial charge in [0.2, 0.25) is 18.2 Å². The Morgan fingerprint density at radius 2 is 1.83 bits per heavy atom. The maximum atomic E-state index is 13.4. The Labute approximate surface area is 219 Å². The van der Waals surface area contributed by atoms with Crippen molar-refractivity contribution < 1.29 is 24.3 Å². The lowest BCUT2D eigenvalue weighted by atomic mass is 9.84. The van der Waals surface area contributed by atoms with Gasteiger partial charge < -0.3 is 15.4 Å². The number of benzene rings is 1. The van der Waals surface area contributed by atoms with Crippen LogP contribution in [0.3, 0.4) is 0 Å². The first kappa shape index (κ1) is 30.0. The average Bonchev–Trinajstić information content (AvgIpc) is 2.85. The topological polar surface area (TPSA) is 111 Å². The van der Waals surface area contributed by atoms with Gasteiger partial charge in [-0.05, 0) is 49.3 Å². The number of nitrogens with one attached hydrogen (secondary N) is 2. The number of morpholine rings is 1. The predicted octanol–water partition coefficient (Wildman–Crippen LogP) is 2.49. The van der Waals surface area contributed by atoms with E-state index in [-0.39, 0.29) is 11.8 Å². The van der Waals surface area contributed by atoms with Crippen molar-refractivity contribution in [1.82, 2.24) is 20.6 Å². The number of rotatable bonds is 13. The number of carbonyl (C=O) groups is 3. The van der Waals surface area contributed by atoms with Gasteiger partial charge >= 0.3 is 0 Å². The molecule has 3 N–H and O–H groups in total. The molecule has 0 aromatic heterocycles. The molecule has 202 valence electrons. The summed E-state index contributed by atoms with van der Waals surface area (Å²) in [5.41, 5.74) is 0.536. The number of hydrogen-bond acceptors (Lipinski definition) is 6. The molecule has 0 bridgehead atoms. The fourth-order valence-electron chi connectivity index (χ4n) is 4.24. The summed E-state index contributed by atoms with van der Waals surface area (Å²) in [7, 11) is 0. The molecule has 1 aromatic rings. The van der Waals surface area contributed by atoms with Gasteiger partial charge in [-0.2, -0.15) is 0 Å². The van der Waals surface area contributed by atoms with Gasteiger partial charge in [0.1, 0.15) is 6.04 Å². The van der Waals surface area contributed by atoms with E-state index in [1.807, 2.05) is 45.0 Å². The number of amides is 3. The molecule has 0 saturated carbocycles. The van der Waals surface area contributed by atoms with Crippen LogP contribution in [0, 0.1) is 11.3 Å². The van der Waals surface area contributed by atoms with Crippen LogP contribution < -0.4 is 10.6 Å². The molecule has 0 unspecified atom stereocenters. The summed E-state index contributed by atoms with van der Waals surface area (Å²) < 4.78 is 5.35. The van der Waals surface area contributed by atoms with E-state index in [2.05, 4.69) is 15.5 Å². The summed E-state index contributed by atoms with van der Waals surface area (Å²) in [5, 5.41) is 17.0.